The SMILES string of the molecule is Cc1cccc(CC(=O)N(Cc2c(Cl)cccc2Cl)[C@@H](C)C(=O)NC(C)(C)C)c1. The molecule has 0 fully saturated rings. The second-order valence-electron chi connectivity index (χ2n) is 8.30. The van der Waals surface area contributed by atoms with Gasteiger partial charge < -0.3 is 10.2 Å². The molecule has 2 aromatic rings. The summed E-state index contributed by atoms with van der Waals surface area (Å²) in [5.41, 5.74) is 2.20. The van der Waals surface area contributed by atoms with Crippen LogP contribution in [0.5, 0.6) is 0 Å². The lowest BCUT2D eigenvalue weighted by atomic mass is 10.1. The van der Waals surface area contributed by atoms with Crippen LogP contribution in [0, 0.1) is 6.92 Å². The van der Waals surface area contributed by atoms with Crippen LogP contribution in [-0.4, -0.2) is 28.3 Å². The molecular formula is C23H28Cl2N2O2. The minimum atomic E-state index is -0.682. The fourth-order valence-electron chi connectivity index (χ4n) is 3.01. The van der Waals surface area contributed by atoms with E-state index in [0.29, 0.717) is 15.6 Å². The zero-order valence-electron chi connectivity index (χ0n) is 17.6. The number of amides is 2. The summed E-state index contributed by atoms with van der Waals surface area (Å²) in [6.45, 7) is 9.57. The van der Waals surface area contributed by atoms with Gasteiger partial charge in [0.25, 0.3) is 0 Å². The van der Waals surface area contributed by atoms with Crippen LogP contribution in [0.3, 0.4) is 0 Å². The Balaban J connectivity index is 2.33. The van der Waals surface area contributed by atoms with Gasteiger partial charge in [0, 0.05) is 27.7 Å². The quantitative estimate of drug-likeness (QED) is 0.680. The van der Waals surface area contributed by atoms with Crippen molar-refractivity contribution >= 4 is 35.0 Å². The third kappa shape index (κ3) is 6.76. The number of carbonyl (C=O) groups is 2. The zero-order valence-corrected chi connectivity index (χ0v) is 19.1. The number of carbonyl (C=O) groups excluding carboxylic acids is 2. The summed E-state index contributed by atoms with van der Waals surface area (Å²) in [5, 5.41) is 3.88. The fraction of sp³-hybridized carbons (Fsp3) is 0.391. The first kappa shape index (κ1) is 23.2. The zero-order chi connectivity index (χ0) is 21.8. The van der Waals surface area contributed by atoms with Crippen LogP contribution in [-0.2, 0) is 22.6 Å². The maximum Gasteiger partial charge on any atom is 0.242 e. The van der Waals surface area contributed by atoms with Crippen LogP contribution < -0.4 is 5.32 Å². The van der Waals surface area contributed by atoms with Crippen molar-refractivity contribution in [1.29, 1.82) is 0 Å². The average molecular weight is 435 g/mol. The molecular weight excluding hydrogens is 407 g/mol. The lowest BCUT2D eigenvalue weighted by Gasteiger charge is -2.32. The van der Waals surface area contributed by atoms with Gasteiger partial charge in [-0.25, -0.2) is 0 Å². The highest BCUT2D eigenvalue weighted by Crippen LogP contribution is 2.27. The van der Waals surface area contributed by atoms with Crippen molar-refractivity contribution in [2.45, 2.75) is 59.2 Å². The molecule has 4 nitrogen and oxygen atoms in total. The molecule has 1 atom stereocenters. The predicted octanol–water partition coefficient (Wildman–Crippen LogP) is 5.18. The largest absolute Gasteiger partial charge is 0.350 e. The van der Waals surface area contributed by atoms with E-state index in [0.717, 1.165) is 11.1 Å². The topological polar surface area (TPSA) is 49.4 Å². The van der Waals surface area contributed by atoms with Gasteiger partial charge in [0.1, 0.15) is 6.04 Å². The summed E-state index contributed by atoms with van der Waals surface area (Å²) in [4.78, 5) is 27.6. The lowest BCUT2D eigenvalue weighted by molar-refractivity contribution is -0.140. The molecule has 0 spiro atoms. The van der Waals surface area contributed by atoms with Gasteiger partial charge in [0.15, 0.2) is 0 Å². The van der Waals surface area contributed by atoms with E-state index < -0.39 is 11.6 Å². The van der Waals surface area contributed by atoms with E-state index in [9.17, 15) is 9.59 Å². The molecule has 0 saturated heterocycles. The molecule has 0 aliphatic rings. The van der Waals surface area contributed by atoms with E-state index in [1.165, 1.54) is 4.90 Å². The van der Waals surface area contributed by atoms with E-state index in [1.54, 1.807) is 25.1 Å². The molecule has 2 amide bonds. The number of hydrogen-bond acceptors (Lipinski definition) is 2. The van der Waals surface area contributed by atoms with Gasteiger partial charge in [-0.3, -0.25) is 9.59 Å². The Kier molecular flexibility index (Phi) is 7.73. The van der Waals surface area contributed by atoms with Gasteiger partial charge in [0.05, 0.1) is 6.42 Å². The Morgan fingerprint density at radius 3 is 2.21 bits per heavy atom. The summed E-state index contributed by atoms with van der Waals surface area (Å²) >= 11 is 12.7. The van der Waals surface area contributed by atoms with Crippen LogP contribution in [0.4, 0.5) is 0 Å². The minimum absolute atomic E-state index is 0.155. The first-order valence-electron chi connectivity index (χ1n) is 9.58. The maximum atomic E-state index is 13.2. The van der Waals surface area contributed by atoms with E-state index >= 15 is 0 Å². The van der Waals surface area contributed by atoms with Crippen molar-refractivity contribution in [3.05, 3.63) is 69.2 Å². The number of nitrogens with one attached hydrogen (secondary N) is 1. The highest BCUT2D eigenvalue weighted by molar-refractivity contribution is 6.36. The Labute approximate surface area is 183 Å². The maximum absolute atomic E-state index is 13.2. The summed E-state index contributed by atoms with van der Waals surface area (Å²) in [6, 6.07) is 12.3. The average Bonchev–Trinajstić information content (AvgIpc) is 2.59. The Morgan fingerprint density at radius 1 is 1.07 bits per heavy atom. The fourth-order valence-corrected chi connectivity index (χ4v) is 3.53. The molecule has 0 heterocycles. The van der Waals surface area contributed by atoms with Crippen LogP contribution in [0.25, 0.3) is 0 Å². The Bertz CT molecular complexity index is 870. The van der Waals surface area contributed by atoms with Crippen LogP contribution in [0.1, 0.15) is 44.4 Å². The van der Waals surface area contributed by atoms with Gasteiger partial charge >= 0.3 is 0 Å². The molecule has 2 aromatic carbocycles. The number of hydrogen-bond donors (Lipinski definition) is 1. The Morgan fingerprint density at radius 2 is 1.66 bits per heavy atom. The first-order chi connectivity index (χ1) is 13.5. The Hall–Kier alpha value is -2.04. The lowest BCUT2D eigenvalue weighted by Crippen LogP contribution is -2.52. The molecule has 0 saturated carbocycles. The molecule has 2 rings (SSSR count). The predicted molar refractivity (Wildman–Crippen MR) is 119 cm³/mol. The van der Waals surface area contributed by atoms with Gasteiger partial charge in [-0.2, -0.15) is 0 Å². The van der Waals surface area contributed by atoms with Gasteiger partial charge in [-0.15, -0.1) is 0 Å². The van der Waals surface area contributed by atoms with Crippen molar-refractivity contribution < 1.29 is 9.59 Å². The van der Waals surface area contributed by atoms with Crippen molar-refractivity contribution in [3.63, 3.8) is 0 Å². The number of aryl methyl sites for hydroxylation is 1. The normalized spacial score (nSPS) is 12.4. The number of halogens is 2. The minimum Gasteiger partial charge on any atom is -0.350 e. The second kappa shape index (κ2) is 9.64. The standard InChI is InChI=1S/C23H28Cl2N2O2/c1-15-8-6-9-17(12-15)13-21(28)27(16(2)22(29)26-23(3,4)5)14-18-19(24)10-7-11-20(18)25/h6-12,16H,13-14H2,1-5H3,(H,26,29)/t16-/m0/s1. The first-order valence-corrected chi connectivity index (χ1v) is 10.3. The van der Waals surface area contributed by atoms with Crippen molar-refractivity contribution in [2.24, 2.45) is 0 Å². The van der Waals surface area contributed by atoms with Gasteiger partial charge in [-0.05, 0) is 52.3 Å². The molecule has 156 valence electrons. The van der Waals surface area contributed by atoms with Gasteiger partial charge in [0.2, 0.25) is 11.8 Å². The van der Waals surface area contributed by atoms with E-state index in [-0.39, 0.29) is 24.8 Å². The second-order valence-corrected chi connectivity index (χ2v) is 9.12. The molecule has 0 aliphatic carbocycles. The number of benzene rings is 2. The smallest absolute Gasteiger partial charge is 0.242 e. The molecule has 1 N–H and O–H groups in total. The van der Waals surface area contributed by atoms with Crippen molar-refractivity contribution in [3.8, 4) is 0 Å². The van der Waals surface area contributed by atoms with Crippen LogP contribution in [0.2, 0.25) is 10.0 Å². The third-order valence-corrected chi connectivity index (χ3v) is 5.20. The number of rotatable bonds is 6. The molecule has 0 aliphatic heterocycles. The van der Waals surface area contributed by atoms with Crippen LogP contribution in [0.15, 0.2) is 42.5 Å². The summed E-state index contributed by atoms with van der Waals surface area (Å²) < 4.78 is 0. The summed E-state index contributed by atoms with van der Waals surface area (Å²) in [7, 11) is 0. The van der Waals surface area contributed by atoms with Gasteiger partial charge in [-0.1, -0.05) is 59.1 Å². The summed E-state index contributed by atoms with van der Waals surface area (Å²) in [5.74, 6) is -0.388. The molecule has 29 heavy (non-hydrogen) atoms. The number of nitrogens with zero attached hydrogens (tertiary/aromatic N) is 1. The van der Waals surface area contributed by atoms with Crippen LogP contribution >= 0.6 is 23.2 Å². The monoisotopic (exact) mass is 434 g/mol. The molecule has 0 aromatic heterocycles. The van der Waals surface area contributed by atoms with Crippen molar-refractivity contribution in [1.82, 2.24) is 10.2 Å². The summed E-state index contributed by atoms with van der Waals surface area (Å²) in [6.07, 6.45) is 0.191. The molecule has 0 unspecified atom stereocenters. The highest BCUT2D eigenvalue weighted by Gasteiger charge is 2.29. The van der Waals surface area contributed by atoms with E-state index in [1.807, 2.05) is 52.0 Å². The molecule has 0 bridgehead atoms. The highest BCUT2D eigenvalue weighted by atomic mass is 35.5. The van der Waals surface area contributed by atoms with E-state index in [4.69, 9.17) is 23.2 Å². The molecule has 6 heteroatoms. The third-order valence-electron chi connectivity index (χ3n) is 4.49. The van der Waals surface area contributed by atoms with E-state index in [2.05, 4.69) is 5.32 Å². The molecule has 0 radical (unpaired) electrons. The van der Waals surface area contributed by atoms with Crippen molar-refractivity contribution in [2.75, 3.05) is 0 Å².